The normalized spacial score (nSPS) is 10.7. The predicted molar refractivity (Wildman–Crippen MR) is 86.9 cm³/mol. The Labute approximate surface area is 132 Å². The van der Waals surface area contributed by atoms with Crippen molar-refractivity contribution in [2.45, 2.75) is 13.8 Å². The lowest BCUT2D eigenvalue weighted by atomic mass is 10.1. The fourth-order valence-electron chi connectivity index (χ4n) is 2.27. The van der Waals surface area contributed by atoms with Gasteiger partial charge in [0.1, 0.15) is 11.3 Å². The van der Waals surface area contributed by atoms with Gasteiger partial charge in [-0.3, -0.25) is 9.78 Å². The summed E-state index contributed by atoms with van der Waals surface area (Å²) in [5.41, 5.74) is 3.35. The quantitative estimate of drug-likeness (QED) is 0.776. The van der Waals surface area contributed by atoms with E-state index < -0.39 is 5.76 Å². The molecule has 6 nitrogen and oxygen atoms in total. The number of oxazole rings is 1. The second kappa shape index (κ2) is 6.00. The lowest BCUT2D eigenvalue weighted by Crippen LogP contribution is -2.20. The zero-order chi connectivity index (χ0) is 16.4. The Bertz CT molecular complexity index is 924. The number of anilines is 1. The van der Waals surface area contributed by atoms with Gasteiger partial charge in [0.15, 0.2) is 12.2 Å². The molecule has 0 saturated heterocycles. The molecule has 118 valence electrons. The molecule has 0 aliphatic rings. The van der Waals surface area contributed by atoms with Gasteiger partial charge in [0.2, 0.25) is 0 Å². The van der Waals surface area contributed by atoms with Crippen molar-refractivity contribution >= 4 is 22.7 Å². The fraction of sp³-hybridized carbons (Fsp3) is 0.176. The van der Waals surface area contributed by atoms with Gasteiger partial charge in [-0.1, -0.05) is 18.2 Å². The third-order valence-electron chi connectivity index (χ3n) is 3.43. The topological polar surface area (TPSA) is 84.3 Å². The number of hydrogen-bond donors (Lipinski definition) is 2. The highest BCUT2D eigenvalue weighted by Gasteiger charge is 2.10. The lowest BCUT2D eigenvalue weighted by molar-refractivity contribution is -0.118. The van der Waals surface area contributed by atoms with Crippen molar-refractivity contribution in [2.24, 2.45) is 0 Å². The molecular formula is C17H16N2O4. The van der Waals surface area contributed by atoms with E-state index >= 15 is 0 Å². The Kier molecular flexibility index (Phi) is 3.89. The van der Waals surface area contributed by atoms with Crippen molar-refractivity contribution in [3.63, 3.8) is 0 Å². The third-order valence-corrected chi connectivity index (χ3v) is 3.43. The molecule has 2 N–H and O–H groups in total. The summed E-state index contributed by atoms with van der Waals surface area (Å²) in [5.74, 6) is -0.205. The number of aromatic amines is 1. The van der Waals surface area contributed by atoms with Crippen molar-refractivity contribution in [1.82, 2.24) is 4.98 Å². The number of nitrogens with one attached hydrogen (secondary N) is 2. The van der Waals surface area contributed by atoms with Gasteiger partial charge in [-0.05, 0) is 43.2 Å². The zero-order valence-corrected chi connectivity index (χ0v) is 12.8. The van der Waals surface area contributed by atoms with Crippen molar-refractivity contribution in [1.29, 1.82) is 0 Å². The first-order chi connectivity index (χ1) is 11.0. The molecule has 0 aliphatic carbocycles. The van der Waals surface area contributed by atoms with Crippen molar-refractivity contribution in [2.75, 3.05) is 11.9 Å². The minimum absolute atomic E-state index is 0.122. The highest BCUT2D eigenvalue weighted by molar-refractivity contribution is 5.99. The number of benzene rings is 2. The van der Waals surface area contributed by atoms with Gasteiger partial charge in [-0.2, -0.15) is 0 Å². The monoisotopic (exact) mass is 312 g/mol. The van der Waals surface area contributed by atoms with Crippen LogP contribution >= 0.6 is 0 Å². The minimum atomic E-state index is -0.562. The van der Waals surface area contributed by atoms with Gasteiger partial charge in [0.05, 0.1) is 5.69 Å². The Morgan fingerprint density at radius 3 is 2.91 bits per heavy atom. The molecule has 3 aromatic rings. The fourth-order valence-corrected chi connectivity index (χ4v) is 2.27. The number of aryl methyl sites for hydroxylation is 2. The summed E-state index contributed by atoms with van der Waals surface area (Å²) in [6.45, 7) is 3.76. The van der Waals surface area contributed by atoms with Crippen LogP contribution in [0, 0.1) is 13.8 Å². The molecule has 1 aromatic heterocycles. The summed E-state index contributed by atoms with van der Waals surface area (Å²) < 4.78 is 10.5. The predicted octanol–water partition coefficient (Wildman–Crippen LogP) is 2.76. The molecular weight excluding hydrogens is 296 g/mol. The van der Waals surface area contributed by atoms with Crippen LogP contribution in [0.1, 0.15) is 11.1 Å². The number of para-hydroxylation sites is 1. The maximum Gasteiger partial charge on any atom is 0.417 e. The zero-order valence-electron chi connectivity index (χ0n) is 12.8. The molecule has 0 atom stereocenters. The number of hydrogen-bond acceptors (Lipinski definition) is 4. The maximum absolute atomic E-state index is 12.1. The van der Waals surface area contributed by atoms with Crippen LogP contribution in [0.4, 0.5) is 5.69 Å². The smallest absolute Gasteiger partial charge is 0.417 e. The molecule has 1 heterocycles. The Morgan fingerprint density at radius 1 is 1.26 bits per heavy atom. The molecule has 0 fully saturated rings. The van der Waals surface area contributed by atoms with Crippen LogP contribution in [-0.4, -0.2) is 17.5 Å². The van der Waals surface area contributed by atoms with Crippen LogP contribution in [-0.2, 0) is 4.79 Å². The molecule has 0 radical (unpaired) electrons. The number of carbonyl (C=O) groups excluding carboxylic acids is 1. The lowest BCUT2D eigenvalue weighted by Gasteiger charge is -2.10. The van der Waals surface area contributed by atoms with E-state index in [0.29, 0.717) is 22.5 Å². The number of amides is 1. The number of H-pyrrole nitrogens is 1. The van der Waals surface area contributed by atoms with E-state index in [2.05, 4.69) is 10.3 Å². The Hall–Kier alpha value is -3.02. The second-order valence-electron chi connectivity index (χ2n) is 5.30. The first kappa shape index (κ1) is 14.9. The molecule has 1 amide bonds. The number of aromatic nitrogens is 1. The SMILES string of the molecule is Cc1ccc(C)c(OCC(=O)Nc2cccc3oc(=O)[nH]c23)c1. The molecule has 23 heavy (non-hydrogen) atoms. The first-order valence-corrected chi connectivity index (χ1v) is 7.14. The van der Waals surface area contributed by atoms with E-state index in [9.17, 15) is 9.59 Å². The highest BCUT2D eigenvalue weighted by Crippen LogP contribution is 2.21. The number of ether oxygens (including phenoxy) is 1. The second-order valence-corrected chi connectivity index (χ2v) is 5.30. The van der Waals surface area contributed by atoms with Gasteiger partial charge in [-0.15, -0.1) is 0 Å². The first-order valence-electron chi connectivity index (χ1n) is 7.14. The highest BCUT2D eigenvalue weighted by atomic mass is 16.5. The average molecular weight is 312 g/mol. The van der Waals surface area contributed by atoms with E-state index in [1.165, 1.54) is 0 Å². The number of fused-ring (bicyclic) bond motifs is 1. The van der Waals surface area contributed by atoms with Crippen LogP contribution in [0.15, 0.2) is 45.6 Å². The third kappa shape index (κ3) is 3.26. The van der Waals surface area contributed by atoms with E-state index in [4.69, 9.17) is 9.15 Å². The van der Waals surface area contributed by atoms with Crippen LogP contribution in [0.5, 0.6) is 5.75 Å². The summed E-state index contributed by atoms with van der Waals surface area (Å²) in [5, 5.41) is 2.71. The molecule has 0 saturated carbocycles. The van der Waals surface area contributed by atoms with Crippen LogP contribution in [0.3, 0.4) is 0 Å². The van der Waals surface area contributed by atoms with Gasteiger partial charge in [-0.25, -0.2) is 4.79 Å². The molecule has 0 bridgehead atoms. The van der Waals surface area contributed by atoms with Gasteiger partial charge in [0.25, 0.3) is 5.91 Å². The minimum Gasteiger partial charge on any atom is -0.483 e. The molecule has 3 rings (SSSR count). The summed E-state index contributed by atoms with van der Waals surface area (Å²) in [6, 6.07) is 10.8. The van der Waals surface area contributed by atoms with Gasteiger partial charge in [0, 0.05) is 0 Å². The standard InChI is InChI=1S/C17H16N2O4/c1-10-6-7-11(2)14(8-10)22-9-15(20)18-12-4-3-5-13-16(12)19-17(21)23-13/h3-8H,9H2,1-2H3,(H,18,20)(H,19,21). The Morgan fingerprint density at radius 2 is 2.09 bits per heavy atom. The average Bonchev–Trinajstić information content (AvgIpc) is 2.89. The maximum atomic E-state index is 12.1. The van der Waals surface area contributed by atoms with Crippen molar-refractivity contribution < 1.29 is 13.9 Å². The number of rotatable bonds is 4. The Balaban J connectivity index is 1.71. The van der Waals surface area contributed by atoms with E-state index in [1.807, 2.05) is 32.0 Å². The molecule has 0 unspecified atom stereocenters. The van der Waals surface area contributed by atoms with Crippen LogP contribution < -0.4 is 15.8 Å². The van der Waals surface area contributed by atoms with Gasteiger partial charge >= 0.3 is 5.76 Å². The summed E-state index contributed by atoms with van der Waals surface area (Å²) >= 11 is 0. The van der Waals surface area contributed by atoms with E-state index in [-0.39, 0.29) is 12.5 Å². The summed E-state index contributed by atoms with van der Waals surface area (Å²) in [6.07, 6.45) is 0. The van der Waals surface area contributed by atoms with Crippen molar-refractivity contribution in [3.8, 4) is 5.75 Å². The molecule has 6 heteroatoms. The van der Waals surface area contributed by atoms with E-state index in [0.717, 1.165) is 11.1 Å². The van der Waals surface area contributed by atoms with Crippen LogP contribution in [0.25, 0.3) is 11.1 Å². The van der Waals surface area contributed by atoms with Crippen LogP contribution in [0.2, 0.25) is 0 Å². The molecule has 2 aromatic carbocycles. The van der Waals surface area contributed by atoms with Crippen molar-refractivity contribution in [3.05, 3.63) is 58.1 Å². The number of carbonyl (C=O) groups is 1. The largest absolute Gasteiger partial charge is 0.483 e. The van der Waals surface area contributed by atoms with E-state index in [1.54, 1.807) is 18.2 Å². The summed E-state index contributed by atoms with van der Waals surface area (Å²) in [4.78, 5) is 25.9. The molecule has 0 aliphatic heterocycles. The summed E-state index contributed by atoms with van der Waals surface area (Å²) in [7, 11) is 0. The molecule has 0 spiro atoms. The van der Waals surface area contributed by atoms with Gasteiger partial charge < -0.3 is 14.5 Å².